The largest absolute Gasteiger partial charge is 0.459 e. The lowest BCUT2D eigenvalue weighted by Crippen LogP contribution is -2.31. The van der Waals surface area contributed by atoms with Gasteiger partial charge in [0.2, 0.25) is 11.7 Å². The molecule has 4 aromatic rings. The second kappa shape index (κ2) is 9.06. The predicted octanol–water partition coefficient (Wildman–Crippen LogP) is 5.90. The number of carbonyl (C=O) groups is 1. The number of aromatic nitrogens is 2. The Balaban J connectivity index is 1.47. The Labute approximate surface area is 184 Å². The van der Waals surface area contributed by atoms with Crippen LogP contribution in [0.15, 0.2) is 75.9 Å². The highest BCUT2D eigenvalue weighted by molar-refractivity contribution is 6.30. The molecule has 8 heteroatoms. The molecule has 31 heavy (non-hydrogen) atoms. The molecule has 0 radical (unpaired) electrons. The average molecular weight is 438 g/mol. The Bertz CT molecular complexity index is 1140. The molecule has 4 rings (SSSR count). The molecule has 2 aromatic carbocycles. The number of nitrogens with zero attached hydrogens (tertiary/aromatic N) is 2. The van der Waals surface area contributed by atoms with Gasteiger partial charge in [0.1, 0.15) is 17.5 Å². The fourth-order valence-electron chi connectivity index (χ4n) is 2.92. The lowest BCUT2D eigenvalue weighted by Gasteiger charge is -2.17. The molecule has 0 saturated carbocycles. The Morgan fingerprint density at radius 3 is 2.32 bits per heavy atom. The van der Waals surface area contributed by atoms with E-state index in [9.17, 15) is 4.79 Å². The van der Waals surface area contributed by atoms with Crippen molar-refractivity contribution < 1.29 is 18.5 Å². The molecule has 2 heterocycles. The van der Waals surface area contributed by atoms with Crippen LogP contribution in [0.5, 0.6) is 11.5 Å². The van der Waals surface area contributed by atoms with Crippen LogP contribution in [0.25, 0.3) is 11.4 Å². The highest BCUT2D eigenvalue weighted by atomic mass is 35.5. The van der Waals surface area contributed by atoms with E-state index in [0.717, 1.165) is 5.56 Å². The number of benzene rings is 2. The fraction of sp³-hybridized carbons (Fsp3) is 0.174. The van der Waals surface area contributed by atoms with E-state index in [0.29, 0.717) is 28.2 Å². The summed E-state index contributed by atoms with van der Waals surface area (Å²) in [7, 11) is 0. The number of nitrogens with one attached hydrogen (secondary N) is 1. The van der Waals surface area contributed by atoms with Gasteiger partial charge in [0, 0.05) is 10.6 Å². The van der Waals surface area contributed by atoms with Crippen LogP contribution in [0.3, 0.4) is 0 Å². The number of hydrogen-bond acceptors (Lipinski definition) is 6. The Hall–Kier alpha value is -3.58. The van der Waals surface area contributed by atoms with Gasteiger partial charge in [-0.1, -0.05) is 30.6 Å². The minimum atomic E-state index is -0.452. The molecule has 1 N–H and O–H groups in total. The van der Waals surface area contributed by atoms with E-state index in [4.69, 9.17) is 25.3 Å². The molecule has 0 aliphatic carbocycles. The molecule has 0 saturated heterocycles. The van der Waals surface area contributed by atoms with Gasteiger partial charge in [-0.2, -0.15) is 4.98 Å². The van der Waals surface area contributed by atoms with Crippen molar-refractivity contribution in [3.05, 3.63) is 83.6 Å². The summed E-state index contributed by atoms with van der Waals surface area (Å²) in [5.74, 6) is 2.01. The number of carbonyl (C=O) groups excluding carboxylic acids is 1. The lowest BCUT2D eigenvalue weighted by atomic mass is 10.0. The van der Waals surface area contributed by atoms with Crippen LogP contribution >= 0.6 is 11.6 Å². The second-order valence-corrected chi connectivity index (χ2v) is 7.65. The summed E-state index contributed by atoms with van der Waals surface area (Å²) < 4.78 is 16.4. The number of ether oxygens (including phenoxy) is 1. The predicted molar refractivity (Wildman–Crippen MR) is 115 cm³/mol. The van der Waals surface area contributed by atoms with Crippen molar-refractivity contribution in [3.8, 4) is 22.9 Å². The second-order valence-electron chi connectivity index (χ2n) is 7.21. The average Bonchev–Trinajstić information content (AvgIpc) is 3.46. The third kappa shape index (κ3) is 4.95. The molecular formula is C23H20ClN3O4. The molecule has 0 aliphatic rings. The summed E-state index contributed by atoms with van der Waals surface area (Å²) in [6.07, 6.45) is 1.45. The first-order valence-corrected chi connectivity index (χ1v) is 10.1. The van der Waals surface area contributed by atoms with E-state index < -0.39 is 6.04 Å². The van der Waals surface area contributed by atoms with Crippen molar-refractivity contribution in [3.63, 3.8) is 0 Å². The molecular weight excluding hydrogens is 418 g/mol. The summed E-state index contributed by atoms with van der Waals surface area (Å²) in [4.78, 5) is 16.8. The van der Waals surface area contributed by atoms with Gasteiger partial charge >= 0.3 is 0 Å². The van der Waals surface area contributed by atoms with E-state index in [1.807, 2.05) is 38.1 Å². The van der Waals surface area contributed by atoms with E-state index in [-0.39, 0.29) is 17.6 Å². The van der Waals surface area contributed by atoms with Crippen LogP contribution in [0, 0.1) is 5.92 Å². The molecule has 0 fully saturated rings. The summed E-state index contributed by atoms with van der Waals surface area (Å²) in [6.45, 7) is 3.92. The van der Waals surface area contributed by atoms with E-state index in [1.165, 1.54) is 6.26 Å². The third-order valence-corrected chi connectivity index (χ3v) is 4.82. The van der Waals surface area contributed by atoms with Crippen LogP contribution in [0.1, 0.15) is 36.3 Å². The maximum absolute atomic E-state index is 12.4. The molecule has 158 valence electrons. The molecule has 0 aliphatic heterocycles. The van der Waals surface area contributed by atoms with Crippen LogP contribution in [-0.2, 0) is 0 Å². The quantitative estimate of drug-likeness (QED) is 0.387. The zero-order valence-corrected chi connectivity index (χ0v) is 17.7. The van der Waals surface area contributed by atoms with Crippen molar-refractivity contribution >= 4 is 17.5 Å². The third-order valence-electron chi connectivity index (χ3n) is 4.57. The minimum Gasteiger partial charge on any atom is -0.459 e. The summed E-state index contributed by atoms with van der Waals surface area (Å²) in [5, 5.41) is 7.60. The number of furan rings is 1. The van der Waals surface area contributed by atoms with Crippen LogP contribution in [-0.4, -0.2) is 16.0 Å². The van der Waals surface area contributed by atoms with Crippen LogP contribution < -0.4 is 10.1 Å². The van der Waals surface area contributed by atoms with Crippen LogP contribution in [0.2, 0.25) is 5.02 Å². The first-order chi connectivity index (χ1) is 15.0. The minimum absolute atomic E-state index is 0.0300. The van der Waals surface area contributed by atoms with Gasteiger partial charge in [0.25, 0.3) is 5.91 Å². The molecule has 0 bridgehead atoms. The summed E-state index contributed by atoms with van der Waals surface area (Å²) in [6, 6.07) is 17.2. The number of halogens is 1. The van der Waals surface area contributed by atoms with Gasteiger partial charge in [0.15, 0.2) is 5.76 Å². The normalized spacial score (nSPS) is 12.0. The fourth-order valence-corrected chi connectivity index (χ4v) is 3.05. The standard InChI is InChI=1S/C23H20ClN3O4/c1-14(2)20(25-22(28)19-4-3-13-29-19)23-26-21(27-31-23)15-5-9-17(10-6-15)30-18-11-7-16(24)8-12-18/h3-14,20H,1-2H3,(H,25,28)/t20-/m0/s1. The summed E-state index contributed by atoms with van der Waals surface area (Å²) >= 11 is 5.89. The first-order valence-electron chi connectivity index (χ1n) is 9.71. The van der Waals surface area contributed by atoms with Gasteiger partial charge in [-0.3, -0.25) is 4.79 Å². The molecule has 0 spiro atoms. The lowest BCUT2D eigenvalue weighted by molar-refractivity contribution is 0.0885. The first kappa shape index (κ1) is 20.7. The molecule has 1 atom stereocenters. The van der Waals surface area contributed by atoms with Gasteiger partial charge in [-0.15, -0.1) is 0 Å². The van der Waals surface area contributed by atoms with Gasteiger partial charge in [-0.25, -0.2) is 0 Å². The van der Waals surface area contributed by atoms with E-state index in [2.05, 4.69) is 15.5 Å². The van der Waals surface area contributed by atoms with Crippen molar-refractivity contribution in [1.82, 2.24) is 15.5 Å². The summed E-state index contributed by atoms with van der Waals surface area (Å²) in [5.41, 5.74) is 0.762. The Morgan fingerprint density at radius 1 is 1.03 bits per heavy atom. The molecule has 2 aromatic heterocycles. The van der Waals surface area contributed by atoms with Crippen LogP contribution in [0.4, 0.5) is 0 Å². The van der Waals surface area contributed by atoms with E-state index >= 15 is 0 Å². The molecule has 0 unspecified atom stereocenters. The maximum atomic E-state index is 12.4. The number of rotatable bonds is 7. The van der Waals surface area contributed by atoms with Crippen molar-refractivity contribution in [2.75, 3.05) is 0 Å². The monoisotopic (exact) mass is 437 g/mol. The van der Waals surface area contributed by atoms with Gasteiger partial charge < -0.3 is 19.0 Å². The maximum Gasteiger partial charge on any atom is 0.287 e. The van der Waals surface area contributed by atoms with Gasteiger partial charge in [0.05, 0.1) is 6.26 Å². The smallest absolute Gasteiger partial charge is 0.287 e. The van der Waals surface area contributed by atoms with Crippen molar-refractivity contribution in [2.45, 2.75) is 19.9 Å². The van der Waals surface area contributed by atoms with Crippen molar-refractivity contribution in [2.24, 2.45) is 5.92 Å². The number of amides is 1. The van der Waals surface area contributed by atoms with Crippen molar-refractivity contribution in [1.29, 1.82) is 0 Å². The zero-order valence-electron chi connectivity index (χ0n) is 16.9. The molecule has 7 nitrogen and oxygen atoms in total. The van der Waals surface area contributed by atoms with E-state index in [1.54, 1.807) is 36.4 Å². The topological polar surface area (TPSA) is 90.4 Å². The van der Waals surface area contributed by atoms with Gasteiger partial charge in [-0.05, 0) is 66.6 Å². The Kier molecular flexibility index (Phi) is 6.04. The Morgan fingerprint density at radius 2 is 1.71 bits per heavy atom. The SMILES string of the molecule is CC(C)[C@H](NC(=O)c1ccco1)c1nc(-c2ccc(Oc3ccc(Cl)cc3)cc2)no1. The highest BCUT2D eigenvalue weighted by Crippen LogP contribution is 2.27. The molecule has 1 amide bonds. The highest BCUT2D eigenvalue weighted by Gasteiger charge is 2.26. The number of hydrogen-bond donors (Lipinski definition) is 1. The zero-order chi connectivity index (χ0) is 21.8.